The first-order chi connectivity index (χ1) is 12.1. The molecule has 0 spiro atoms. The van der Waals surface area contributed by atoms with E-state index in [4.69, 9.17) is 8.83 Å². The van der Waals surface area contributed by atoms with Gasteiger partial charge in [-0.2, -0.15) is 4.68 Å². The second-order valence-electron chi connectivity index (χ2n) is 5.35. The molecule has 3 rings (SSSR count). The van der Waals surface area contributed by atoms with E-state index in [1.165, 1.54) is 23.3 Å². The lowest BCUT2D eigenvalue weighted by molar-refractivity contribution is -0.132. The molecule has 0 atom stereocenters. The predicted molar refractivity (Wildman–Crippen MR) is 86.0 cm³/mol. The number of benzene rings is 1. The van der Waals surface area contributed by atoms with Crippen LogP contribution in [-0.4, -0.2) is 27.1 Å². The van der Waals surface area contributed by atoms with Gasteiger partial charge in [0.25, 0.3) is 5.89 Å². The Kier molecular flexibility index (Phi) is 4.78. The zero-order valence-corrected chi connectivity index (χ0v) is 13.5. The van der Waals surface area contributed by atoms with E-state index in [9.17, 15) is 14.0 Å². The second-order valence-corrected chi connectivity index (χ2v) is 5.35. The summed E-state index contributed by atoms with van der Waals surface area (Å²) in [5.74, 6) is -1.13. The molecule has 0 saturated carbocycles. The van der Waals surface area contributed by atoms with Crippen LogP contribution in [0.1, 0.15) is 12.5 Å². The molecule has 8 heteroatoms. The summed E-state index contributed by atoms with van der Waals surface area (Å²) in [6.45, 7) is 2.18. The van der Waals surface area contributed by atoms with Crippen molar-refractivity contribution in [1.82, 2.24) is 14.7 Å². The number of halogens is 1. The van der Waals surface area contributed by atoms with Gasteiger partial charge in [-0.05, 0) is 36.8 Å². The highest BCUT2D eigenvalue weighted by Gasteiger charge is 2.18. The Labute approximate surface area is 142 Å². The largest absolute Gasteiger partial charge is 0.459 e. The average Bonchev–Trinajstić information content (AvgIpc) is 3.23. The van der Waals surface area contributed by atoms with Crippen LogP contribution in [0.2, 0.25) is 0 Å². The first-order valence-corrected chi connectivity index (χ1v) is 7.71. The fourth-order valence-corrected chi connectivity index (χ4v) is 2.37. The van der Waals surface area contributed by atoms with Crippen molar-refractivity contribution in [2.75, 3.05) is 6.54 Å². The second kappa shape index (κ2) is 7.16. The Bertz CT molecular complexity index is 914. The number of amides is 1. The van der Waals surface area contributed by atoms with Crippen molar-refractivity contribution in [3.8, 4) is 11.7 Å². The summed E-state index contributed by atoms with van der Waals surface area (Å²) >= 11 is 0. The number of hydrogen-bond acceptors (Lipinski definition) is 5. The van der Waals surface area contributed by atoms with Gasteiger partial charge in [-0.15, -0.1) is 5.10 Å². The van der Waals surface area contributed by atoms with Crippen molar-refractivity contribution >= 4 is 5.91 Å². The lowest BCUT2D eigenvalue weighted by Gasteiger charge is -2.20. The smallest absolute Gasteiger partial charge is 0.437 e. The molecule has 3 aromatic rings. The van der Waals surface area contributed by atoms with Gasteiger partial charge in [0.05, 0.1) is 6.26 Å². The molecule has 0 fully saturated rings. The maximum absolute atomic E-state index is 13.3. The van der Waals surface area contributed by atoms with Gasteiger partial charge in [0.2, 0.25) is 5.91 Å². The van der Waals surface area contributed by atoms with E-state index in [0.717, 1.165) is 4.68 Å². The Balaban J connectivity index is 1.73. The zero-order valence-electron chi connectivity index (χ0n) is 13.5. The zero-order chi connectivity index (χ0) is 17.8. The lowest BCUT2D eigenvalue weighted by Crippen LogP contribution is -2.35. The number of carbonyl (C=O) groups is 1. The Hall–Kier alpha value is -3.16. The van der Waals surface area contributed by atoms with Crippen molar-refractivity contribution < 1.29 is 18.0 Å². The first kappa shape index (κ1) is 16.7. The summed E-state index contributed by atoms with van der Waals surface area (Å²) in [7, 11) is 0. The van der Waals surface area contributed by atoms with Crippen LogP contribution in [0.4, 0.5) is 4.39 Å². The first-order valence-electron chi connectivity index (χ1n) is 7.71. The molecule has 2 heterocycles. The Morgan fingerprint density at radius 1 is 1.32 bits per heavy atom. The summed E-state index contributed by atoms with van der Waals surface area (Å²) in [5.41, 5.74) is 0.666. The van der Waals surface area contributed by atoms with Crippen LogP contribution >= 0.6 is 0 Å². The lowest BCUT2D eigenvalue weighted by atomic mass is 10.2. The maximum Gasteiger partial charge on any atom is 0.437 e. The van der Waals surface area contributed by atoms with E-state index < -0.39 is 5.76 Å². The fourth-order valence-electron chi connectivity index (χ4n) is 2.37. The normalized spacial score (nSPS) is 10.8. The molecule has 0 saturated heterocycles. The van der Waals surface area contributed by atoms with Crippen LogP contribution < -0.4 is 5.76 Å². The molecule has 0 aliphatic carbocycles. The van der Waals surface area contributed by atoms with Crippen molar-refractivity contribution in [2.45, 2.75) is 20.0 Å². The number of nitrogens with zero attached hydrogens (tertiary/aromatic N) is 3. The predicted octanol–water partition coefficient (Wildman–Crippen LogP) is 2.28. The molecule has 7 nitrogen and oxygen atoms in total. The van der Waals surface area contributed by atoms with Crippen molar-refractivity contribution in [3.05, 3.63) is 64.6 Å². The van der Waals surface area contributed by atoms with E-state index in [0.29, 0.717) is 17.9 Å². The number of rotatable bonds is 6. The van der Waals surface area contributed by atoms with Gasteiger partial charge in [-0.1, -0.05) is 12.1 Å². The van der Waals surface area contributed by atoms with Crippen LogP contribution in [0.25, 0.3) is 11.7 Å². The minimum Gasteiger partial charge on any atom is -0.459 e. The highest BCUT2D eigenvalue weighted by molar-refractivity contribution is 5.75. The summed E-state index contributed by atoms with van der Waals surface area (Å²) in [5, 5.41) is 3.97. The molecule has 0 bridgehead atoms. The number of aromatic nitrogens is 2. The Morgan fingerprint density at radius 3 is 2.84 bits per heavy atom. The van der Waals surface area contributed by atoms with Crippen molar-refractivity contribution in [3.63, 3.8) is 0 Å². The van der Waals surface area contributed by atoms with Gasteiger partial charge in [0, 0.05) is 13.1 Å². The molecule has 0 radical (unpaired) electrons. The third-order valence-corrected chi connectivity index (χ3v) is 3.62. The third-order valence-electron chi connectivity index (χ3n) is 3.62. The minimum atomic E-state index is -0.749. The molecule has 1 aromatic carbocycles. The van der Waals surface area contributed by atoms with Gasteiger partial charge in [-0.3, -0.25) is 4.79 Å². The minimum absolute atomic E-state index is 0.0102. The summed E-state index contributed by atoms with van der Waals surface area (Å²) in [6.07, 6.45) is 1.43. The van der Waals surface area contributed by atoms with Crippen LogP contribution in [0.3, 0.4) is 0 Å². The SMILES string of the molecule is CCN(Cc1cccc(F)c1)C(=O)Cn1nc(-c2ccco2)oc1=O. The van der Waals surface area contributed by atoms with E-state index in [-0.39, 0.29) is 30.7 Å². The molecule has 0 N–H and O–H groups in total. The van der Waals surface area contributed by atoms with Gasteiger partial charge >= 0.3 is 5.76 Å². The summed E-state index contributed by atoms with van der Waals surface area (Å²) in [6, 6.07) is 9.26. The highest BCUT2D eigenvalue weighted by atomic mass is 19.1. The van der Waals surface area contributed by atoms with Gasteiger partial charge in [-0.25, -0.2) is 9.18 Å². The van der Waals surface area contributed by atoms with E-state index in [1.54, 1.807) is 31.2 Å². The van der Waals surface area contributed by atoms with E-state index in [1.807, 2.05) is 0 Å². The van der Waals surface area contributed by atoms with E-state index >= 15 is 0 Å². The third kappa shape index (κ3) is 3.85. The number of carbonyl (C=O) groups excluding carboxylic acids is 1. The Morgan fingerprint density at radius 2 is 2.16 bits per heavy atom. The molecule has 0 aliphatic rings. The molecule has 2 aromatic heterocycles. The molecule has 1 amide bonds. The fraction of sp³-hybridized carbons (Fsp3) is 0.235. The van der Waals surface area contributed by atoms with Crippen molar-refractivity contribution in [2.24, 2.45) is 0 Å². The van der Waals surface area contributed by atoms with Crippen LogP contribution in [0.15, 0.2) is 56.3 Å². The molecular weight excluding hydrogens is 329 g/mol. The standard InChI is InChI=1S/C17H16FN3O4/c1-2-20(10-12-5-3-6-13(18)9-12)15(22)11-21-17(23)25-16(19-21)14-7-4-8-24-14/h3-9H,2,10-11H2,1H3. The number of furan rings is 1. The monoisotopic (exact) mass is 345 g/mol. The molecule has 130 valence electrons. The van der Waals surface area contributed by atoms with Gasteiger partial charge in [0.1, 0.15) is 12.4 Å². The number of hydrogen-bond donors (Lipinski definition) is 0. The topological polar surface area (TPSA) is 81.5 Å². The van der Waals surface area contributed by atoms with Gasteiger partial charge < -0.3 is 13.7 Å². The van der Waals surface area contributed by atoms with Crippen molar-refractivity contribution in [1.29, 1.82) is 0 Å². The maximum atomic E-state index is 13.3. The molecule has 0 aliphatic heterocycles. The summed E-state index contributed by atoms with van der Waals surface area (Å²) < 4.78 is 24.3. The summed E-state index contributed by atoms with van der Waals surface area (Å²) in [4.78, 5) is 25.8. The number of likely N-dealkylation sites (N-methyl/N-ethyl adjacent to an activating group) is 1. The molecule has 0 unspecified atom stereocenters. The van der Waals surface area contributed by atoms with Crippen LogP contribution in [-0.2, 0) is 17.9 Å². The quantitative estimate of drug-likeness (QED) is 0.685. The van der Waals surface area contributed by atoms with E-state index in [2.05, 4.69) is 5.10 Å². The van der Waals surface area contributed by atoms with Crippen LogP contribution in [0, 0.1) is 5.82 Å². The van der Waals surface area contributed by atoms with Crippen LogP contribution in [0.5, 0.6) is 0 Å². The highest BCUT2D eigenvalue weighted by Crippen LogP contribution is 2.15. The average molecular weight is 345 g/mol. The molecular formula is C17H16FN3O4. The molecule has 25 heavy (non-hydrogen) atoms. The van der Waals surface area contributed by atoms with Gasteiger partial charge in [0.15, 0.2) is 5.76 Å².